The van der Waals surface area contributed by atoms with E-state index in [0.717, 1.165) is 0 Å². The molecule has 0 heterocycles. The van der Waals surface area contributed by atoms with Crippen LogP contribution in [0.15, 0.2) is 0 Å². The Balaban J connectivity index is 3.58. The zero-order valence-electron chi connectivity index (χ0n) is 4.98. The van der Waals surface area contributed by atoms with Crippen LogP contribution in [0.5, 0.6) is 0 Å². The fourth-order valence-electron chi connectivity index (χ4n) is 0.250. The van der Waals surface area contributed by atoms with Gasteiger partial charge in [-0.2, -0.15) is 0 Å². The zero-order chi connectivity index (χ0) is 6.62. The molecule has 0 saturated heterocycles. The minimum absolute atomic E-state index is 0.362. The summed E-state index contributed by atoms with van der Waals surface area (Å²) in [5.74, 6) is 0. The van der Waals surface area contributed by atoms with Crippen molar-refractivity contribution in [2.24, 2.45) is 5.73 Å². The number of methoxy groups -OCH3 is 2. The SMILES string of the molecule is COC(I)(CN)OC. The van der Waals surface area contributed by atoms with Crippen molar-refractivity contribution in [3.63, 3.8) is 0 Å². The van der Waals surface area contributed by atoms with E-state index in [1.165, 1.54) is 0 Å². The maximum absolute atomic E-state index is 5.27. The molecule has 0 spiro atoms. The molecule has 0 unspecified atom stereocenters. The monoisotopic (exact) mass is 231 g/mol. The van der Waals surface area contributed by atoms with Crippen molar-refractivity contribution in [3.05, 3.63) is 0 Å². The van der Waals surface area contributed by atoms with Gasteiger partial charge in [-0.15, -0.1) is 0 Å². The van der Waals surface area contributed by atoms with Gasteiger partial charge in [-0.1, -0.05) is 0 Å². The second kappa shape index (κ2) is 3.60. The lowest BCUT2D eigenvalue weighted by Gasteiger charge is -2.21. The van der Waals surface area contributed by atoms with Gasteiger partial charge < -0.3 is 15.2 Å². The normalized spacial score (nSPS) is 12.0. The quantitative estimate of drug-likeness (QED) is 0.432. The van der Waals surface area contributed by atoms with E-state index in [1.54, 1.807) is 14.2 Å². The van der Waals surface area contributed by atoms with Crippen molar-refractivity contribution in [1.29, 1.82) is 0 Å². The molecule has 0 fully saturated rings. The van der Waals surface area contributed by atoms with Crippen LogP contribution in [0, 0.1) is 0 Å². The second-order valence-electron chi connectivity index (χ2n) is 1.27. The highest BCUT2D eigenvalue weighted by Crippen LogP contribution is 2.17. The molecular formula is C4H10INO2. The summed E-state index contributed by atoms with van der Waals surface area (Å²) in [5.41, 5.74) is 5.27. The highest BCUT2D eigenvalue weighted by atomic mass is 127. The Bertz CT molecular complexity index is 56.8. The minimum Gasteiger partial charge on any atom is -0.344 e. The van der Waals surface area contributed by atoms with Crippen LogP contribution in [-0.2, 0) is 9.47 Å². The average Bonchev–Trinajstić information content (AvgIpc) is 1.87. The predicted molar refractivity (Wildman–Crippen MR) is 39.8 cm³/mol. The standard InChI is InChI=1S/C4H10INO2/c1-7-4(5,3-6)8-2/h3,6H2,1-2H3. The molecule has 2 N–H and O–H groups in total. The van der Waals surface area contributed by atoms with Gasteiger partial charge in [-0.05, 0) is 22.6 Å². The third-order valence-electron chi connectivity index (χ3n) is 0.853. The van der Waals surface area contributed by atoms with Crippen LogP contribution in [0.2, 0.25) is 0 Å². The predicted octanol–water partition coefficient (Wildman–Crippen LogP) is 0.327. The fraction of sp³-hybridized carbons (Fsp3) is 1.00. The highest BCUT2D eigenvalue weighted by molar-refractivity contribution is 14.1. The number of rotatable bonds is 3. The van der Waals surface area contributed by atoms with E-state index < -0.39 is 3.79 Å². The van der Waals surface area contributed by atoms with Crippen LogP contribution in [0.3, 0.4) is 0 Å². The molecule has 0 aliphatic heterocycles. The Hall–Kier alpha value is 0.610. The minimum atomic E-state index is -0.627. The van der Waals surface area contributed by atoms with Gasteiger partial charge in [0.05, 0.1) is 6.54 Å². The third-order valence-corrected chi connectivity index (χ3v) is 2.17. The largest absolute Gasteiger partial charge is 0.344 e. The van der Waals surface area contributed by atoms with E-state index in [4.69, 9.17) is 15.2 Å². The summed E-state index contributed by atoms with van der Waals surface area (Å²) < 4.78 is 9.12. The van der Waals surface area contributed by atoms with Crippen molar-refractivity contribution in [1.82, 2.24) is 0 Å². The summed E-state index contributed by atoms with van der Waals surface area (Å²) >= 11 is 2.00. The van der Waals surface area contributed by atoms with E-state index in [-0.39, 0.29) is 0 Å². The molecule has 0 amide bonds. The van der Waals surface area contributed by atoms with E-state index in [9.17, 15) is 0 Å². The van der Waals surface area contributed by atoms with Crippen molar-refractivity contribution < 1.29 is 9.47 Å². The third kappa shape index (κ3) is 2.25. The van der Waals surface area contributed by atoms with Gasteiger partial charge in [0.25, 0.3) is 0 Å². The molecule has 0 saturated carbocycles. The summed E-state index contributed by atoms with van der Waals surface area (Å²) in [6.45, 7) is 0.362. The summed E-state index contributed by atoms with van der Waals surface area (Å²) in [6.07, 6.45) is 0. The summed E-state index contributed by atoms with van der Waals surface area (Å²) in [7, 11) is 3.12. The number of alkyl halides is 1. The molecule has 0 rings (SSSR count). The number of ether oxygens (including phenoxy) is 2. The molecule has 0 aromatic heterocycles. The van der Waals surface area contributed by atoms with Gasteiger partial charge in [-0.3, -0.25) is 0 Å². The Morgan fingerprint density at radius 1 is 1.50 bits per heavy atom. The Morgan fingerprint density at radius 3 is 1.88 bits per heavy atom. The summed E-state index contributed by atoms with van der Waals surface area (Å²) in [5, 5.41) is 0. The molecule has 0 bridgehead atoms. The lowest BCUT2D eigenvalue weighted by molar-refractivity contribution is -0.110. The molecule has 8 heavy (non-hydrogen) atoms. The van der Waals surface area contributed by atoms with Gasteiger partial charge in [0, 0.05) is 14.2 Å². The van der Waals surface area contributed by atoms with Crippen LogP contribution in [0.25, 0.3) is 0 Å². The first-order valence-electron chi connectivity index (χ1n) is 2.18. The first kappa shape index (κ1) is 8.61. The van der Waals surface area contributed by atoms with Crippen molar-refractivity contribution in [2.75, 3.05) is 20.8 Å². The number of hydrogen-bond acceptors (Lipinski definition) is 3. The van der Waals surface area contributed by atoms with Crippen LogP contribution < -0.4 is 5.73 Å². The van der Waals surface area contributed by atoms with E-state index >= 15 is 0 Å². The lowest BCUT2D eigenvalue weighted by Crippen LogP contribution is -2.34. The smallest absolute Gasteiger partial charge is 0.233 e. The number of nitrogens with two attached hydrogens (primary N) is 1. The topological polar surface area (TPSA) is 44.5 Å². The molecular weight excluding hydrogens is 221 g/mol. The first-order chi connectivity index (χ1) is 3.68. The highest BCUT2D eigenvalue weighted by Gasteiger charge is 2.21. The van der Waals surface area contributed by atoms with Gasteiger partial charge in [0.2, 0.25) is 3.79 Å². The lowest BCUT2D eigenvalue weighted by atomic mass is 10.6. The van der Waals surface area contributed by atoms with E-state index in [2.05, 4.69) is 0 Å². The van der Waals surface area contributed by atoms with Crippen molar-refractivity contribution in [2.45, 2.75) is 3.79 Å². The maximum Gasteiger partial charge on any atom is 0.233 e. The maximum atomic E-state index is 5.27. The van der Waals surface area contributed by atoms with Crippen LogP contribution >= 0.6 is 22.6 Å². The van der Waals surface area contributed by atoms with Crippen LogP contribution in [0.4, 0.5) is 0 Å². The van der Waals surface area contributed by atoms with Crippen molar-refractivity contribution in [3.8, 4) is 0 Å². The Morgan fingerprint density at radius 2 is 1.88 bits per heavy atom. The van der Waals surface area contributed by atoms with Gasteiger partial charge in [-0.25, -0.2) is 0 Å². The van der Waals surface area contributed by atoms with Crippen LogP contribution in [0.1, 0.15) is 0 Å². The Labute approximate surface area is 62.7 Å². The molecule has 0 aliphatic rings. The molecule has 0 aromatic rings. The van der Waals surface area contributed by atoms with Crippen molar-refractivity contribution >= 4 is 22.6 Å². The second-order valence-corrected chi connectivity index (χ2v) is 2.92. The van der Waals surface area contributed by atoms with E-state index in [0.29, 0.717) is 6.54 Å². The molecule has 0 aliphatic carbocycles. The summed E-state index contributed by atoms with van der Waals surface area (Å²) in [6, 6.07) is 0. The number of hydrogen-bond donors (Lipinski definition) is 1. The molecule has 3 nitrogen and oxygen atoms in total. The zero-order valence-corrected chi connectivity index (χ0v) is 7.14. The fourth-order valence-corrected chi connectivity index (χ4v) is 0.250. The molecule has 50 valence electrons. The van der Waals surface area contributed by atoms with Gasteiger partial charge in [0.15, 0.2) is 0 Å². The molecule has 0 aromatic carbocycles. The molecule has 4 heteroatoms. The summed E-state index contributed by atoms with van der Waals surface area (Å²) in [4.78, 5) is 0. The molecule has 0 radical (unpaired) electrons. The van der Waals surface area contributed by atoms with Crippen LogP contribution in [-0.4, -0.2) is 24.6 Å². The van der Waals surface area contributed by atoms with E-state index in [1.807, 2.05) is 22.6 Å². The average molecular weight is 231 g/mol. The number of halogens is 1. The molecule has 0 atom stereocenters. The Kier molecular flexibility index (Phi) is 3.87. The van der Waals surface area contributed by atoms with Gasteiger partial charge >= 0.3 is 0 Å². The first-order valence-corrected chi connectivity index (χ1v) is 3.25. The van der Waals surface area contributed by atoms with Gasteiger partial charge in [0.1, 0.15) is 0 Å².